The molecule has 1 aromatic heterocycles. The minimum Gasteiger partial charge on any atom is -0.459 e. The van der Waals surface area contributed by atoms with Gasteiger partial charge in [0.1, 0.15) is 0 Å². The van der Waals surface area contributed by atoms with Gasteiger partial charge < -0.3 is 9.73 Å². The van der Waals surface area contributed by atoms with Crippen LogP contribution in [0.25, 0.3) is 0 Å². The van der Waals surface area contributed by atoms with Crippen molar-refractivity contribution in [1.29, 1.82) is 0 Å². The number of amides is 1. The normalized spacial score (nSPS) is 11.4. The number of carbonyl (C=O) groups excluding carboxylic acids is 1. The van der Waals surface area contributed by atoms with E-state index in [4.69, 9.17) is 4.42 Å². The Bertz CT molecular complexity index is 704. The van der Waals surface area contributed by atoms with Crippen LogP contribution < -0.4 is 10.0 Å². The molecule has 2 aromatic rings. The van der Waals surface area contributed by atoms with Gasteiger partial charge in [-0.2, -0.15) is 0 Å². The van der Waals surface area contributed by atoms with Crippen molar-refractivity contribution in [2.45, 2.75) is 19.1 Å². The summed E-state index contributed by atoms with van der Waals surface area (Å²) in [5.41, 5.74) is 0.989. The summed E-state index contributed by atoms with van der Waals surface area (Å²) >= 11 is 0. The van der Waals surface area contributed by atoms with Crippen LogP contribution in [0.2, 0.25) is 0 Å². The van der Waals surface area contributed by atoms with Gasteiger partial charge in [-0.15, -0.1) is 0 Å². The second-order valence-electron chi connectivity index (χ2n) is 4.70. The molecule has 1 aromatic carbocycles. The molecule has 2 rings (SSSR count). The minimum atomic E-state index is -3.37. The summed E-state index contributed by atoms with van der Waals surface area (Å²) in [6, 6.07) is 9.56. The van der Waals surface area contributed by atoms with Crippen LogP contribution in [0, 0.1) is 0 Å². The Hall–Kier alpha value is -2.28. The molecule has 0 bridgehead atoms. The Kier molecular flexibility index (Phi) is 4.32. The molecule has 0 radical (unpaired) electrons. The molecular weight excluding hydrogens is 292 g/mol. The van der Waals surface area contributed by atoms with Crippen molar-refractivity contribution in [3.05, 3.63) is 48.4 Å². The molecule has 1 heterocycles. The lowest BCUT2D eigenvalue weighted by Gasteiger charge is -2.11. The zero-order chi connectivity index (χ0) is 15.5. The van der Waals surface area contributed by atoms with E-state index in [1.54, 1.807) is 50.2 Å². The number of carbonyl (C=O) groups is 1. The molecule has 0 fully saturated rings. The predicted octanol–water partition coefficient (Wildman–Crippen LogP) is 2.68. The molecule has 6 nitrogen and oxygen atoms in total. The van der Waals surface area contributed by atoms with Crippen molar-refractivity contribution in [1.82, 2.24) is 0 Å². The maximum atomic E-state index is 11.8. The first kappa shape index (κ1) is 15.1. The van der Waals surface area contributed by atoms with Crippen LogP contribution in [0.15, 0.2) is 47.1 Å². The summed E-state index contributed by atoms with van der Waals surface area (Å²) in [7, 11) is -3.37. The second-order valence-corrected chi connectivity index (χ2v) is 6.94. The van der Waals surface area contributed by atoms with Gasteiger partial charge in [0.25, 0.3) is 5.91 Å². The van der Waals surface area contributed by atoms with Gasteiger partial charge in [-0.05, 0) is 50.2 Å². The molecule has 21 heavy (non-hydrogen) atoms. The van der Waals surface area contributed by atoms with Gasteiger partial charge in [-0.3, -0.25) is 9.52 Å². The lowest BCUT2D eigenvalue weighted by molar-refractivity contribution is 0.0996. The number of furan rings is 1. The molecule has 0 aliphatic rings. The van der Waals surface area contributed by atoms with Gasteiger partial charge >= 0.3 is 0 Å². The van der Waals surface area contributed by atoms with Crippen LogP contribution in [0.5, 0.6) is 0 Å². The number of hydrogen-bond acceptors (Lipinski definition) is 4. The fourth-order valence-corrected chi connectivity index (χ4v) is 2.20. The third kappa shape index (κ3) is 3.85. The van der Waals surface area contributed by atoms with E-state index in [1.165, 1.54) is 6.26 Å². The first-order chi connectivity index (χ1) is 9.88. The maximum absolute atomic E-state index is 11.8. The zero-order valence-electron chi connectivity index (χ0n) is 11.7. The van der Waals surface area contributed by atoms with E-state index in [0.29, 0.717) is 11.4 Å². The van der Waals surface area contributed by atoms with Crippen molar-refractivity contribution >= 4 is 27.3 Å². The van der Waals surface area contributed by atoms with Gasteiger partial charge in [-0.25, -0.2) is 8.42 Å². The van der Waals surface area contributed by atoms with Gasteiger partial charge in [0, 0.05) is 11.4 Å². The van der Waals surface area contributed by atoms with Crippen LogP contribution in [0.3, 0.4) is 0 Å². The number of nitrogens with one attached hydrogen (secondary N) is 2. The van der Waals surface area contributed by atoms with E-state index in [1.807, 2.05) is 0 Å². The molecule has 0 atom stereocenters. The summed E-state index contributed by atoms with van der Waals surface area (Å²) in [6.07, 6.45) is 1.42. The zero-order valence-corrected chi connectivity index (χ0v) is 12.5. The lowest BCUT2D eigenvalue weighted by Crippen LogP contribution is -2.22. The van der Waals surface area contributed by atoms with Crippen LogP contribution in [-0.4, -0.2) is 19.6 Å². The number of rotatable bonds is 5. The standard InChI is InChI=1S/C14H16N2O4S/c1-10(2)21(18,19)16-12-7-5-11(6-8-12)15-14(17)13-4-3-9-20-13/h3-10,16H,1-2H3,(H,15,17). The van der Waals surface area contributed by atoms with Crippen molar-refractivity contribution in [3.8, 4) is 0 Å². The minimum absolute atomic E-state index is 0.208. The molecule has 0 saturated heterocycles. The fourth-order valence-electron chi connectivity index (χ4n) is 1.50. The monoisotopic (exact) mass is 308 g/mol. The van der Waals surface area contributed by atoms with Crippen molar-refractivity contribution < 1.29 is 17.6 Å². The SMILES string of the molecule is CC(C)S(=O)(=O)Nc1ccc(NC(=O)c2ccco2)cc1. The molecule has 7 heteroatoms. The van der Waals surface area contributed by atoms with Gasteiger partial charge in [0.2, 0.25) is 10.0 Å². The molecule has 0 unspecified atom stereocenters. The van der Waals surface area contributed by atoms with E-state index in [-0.39, 0.29) is 11.7 Å². The summed E-state index contributed by atoms with van der Waals surface area (Å²) in [6.45, 7) is 3.20. The molecule has 0 spiro atoms. The van der Waals surface area contributed by atoms with Crippen molar-refractivity contribution in [2.75, 3.05) is 10.0 Å². The Balaban J connectivity index is 2.04. The molecule has 2 N–H and O–H groups in total. The Morgan fingerprint density at radius 2 is 1.71 bits per heavy atom. The average molecular weight is 308 g/mol. The summed E-state index contributed by atoms with van der Waals surface area (Å²) in [4.78, 5) is 11.8. The van der Waals surface area contributed by atoms with Crippen LogP contribution >= 0.6 is 0 Å². The first-order valence-electron chi connectivity index (χ1n) is 6.35. The van der Waals surface area contributed by atoms with Crippen LogP contribution in [0.4, 0.5) is 11.4 Å². The third-order valence-electron chi connectivity index (χ3n) is 2.77. The first-order valence-corrected chi connectivity index (χ1v) is 7.89. The number of benzene rings is 1. The Labute approximate surface area is 123 Å². The van der Waals surface area contributed by atoms with Crippen molar-refractivity contribution in [3.63, 3.8) is 0 Å². The van der Waals surface area contributed by atoms with Gasteiger partial charge in [0.05, 0.1) is 11.5 Å². The molecule has 112 valence electrons. The van der Waals surface area contributed by atoms with E-state index in [0.717, 1.165) is 0 Å². The van der Waals surface area contributed by atoms with Crippen LogP contribution in [0.1, 0.15) is 24.4 Å². The van der Waals surface area contributed by atoms with Gasteiger partial charge in [0.15, 0.2) is 5.76 Å². The highest BCUT2D eigenvalue weighted by Crippen LogP contribution is 2.17. The molecule has 0 aliphatic heterocycles. The summed E-state index contributed by atoms with van der Waals surface area (Å²) in [5.74, 6) is -0.157. The molecule has 0 aliphatic carbocycles. The summed E-state index contributed by atoms with van der Waals surface area (Å²) < 4.78 is 30.9. The average Bonchev–Trinajstić information content (AvgIpc) is 2.94. The van der Waals surface area contributed by atoms with Gasteiger partial charge in [-0.1, -0.05) is 0 Å². The Morgan fingerprint density at radius 1 is 1.10 bits per heavy atom. The number of anilines is 2. The highest BCUT2D eigenvalue weighted by Gasteiger charge is 2.15. The predicted molar refractivity (Wildman–Crippen MR) is 80.8 cm³/mol. The maximum Gasteiger partial charge on any atom is 0.291 e. The molecule has 1 amide bonds. The highest BCUT2D eigenvalue weighted by molar-refractivity contribution is 7.93. The largest absolute Gasteiger partial charge is 0.459 e. The number of hydrogen-bond donors (Lipinski definition) is 2. The Morgan fingerprint density at radius 3 is 2.24 bits per heavy atom. The smallest absolute Gasteiger partial charge is 0.291 e. The molecular formula is C14H16N2O4S. The fraction of sp³-hybridized carbons (Fsp3) is 0.214. The summed E-state index contributed by atoms with van der Waals surface area (Å²) in [5, 5.41) is 2.13. The molecule has 0 saturated carbocycles. The number of sulfonamides is 1. The van der Waals surface area contributed by atoms with E-state index < -0.39 is 15.3 Å². The topological polar surface area (TPSA) is 88.4 Å². The van der Waals surface area contributed by atoms with E-state index in [9.17, 15) is 13.2 Å². The van der Waals surface area contributed by atoms with Crippen molar-refractivity contribution in [2.24, 2.45) is 0 Å². The second kappa shape index (κ2) is 6.01. The quantitative estimate of drug-likeness (QED) is 0.888. The third-order valence-corrected chi connectivity index (χ3v) is 4.53. The van der Waals surface area contributed by atoms with E-state index >= 15 is 0 Å². The van der Waals surface area contributed by atoms with E-state index in [2.05, 4.69) is 10.0 Å². The lowest BCUT2D eigenvalue weighted by atomic mass is 10.3. The van der Waals surface area contributed by atoms with Crippen LogP contribution in [-0.2, 0) is 10.0 Å². The highest BCUT2D eigenvalue weighted by atomic mass is 32.2.